The van der Waals surface area contributed by atoms with Gasteiger partial charge in [-0.15, -0.1) is 0 Å². The highest BCUT2D eigenvalue weighted by atomic mass is 19.4. The minimum atomic E-state index is -4.05. The standard InChI is InChI=1S/C14H27F3N2O/c1-11(2)18-13(3,10-20)6-9-19-7-4-12(5-8-19)14(15,16)17/h11-12,18,20H,4-10H2,1-3H3. The third-order valence-electron chi connectivity index (χ3n) is 4.02. The van der Waals surface area contributed by atoms with Crippen molar-refractivity contribution >= 4 is 0 Å². The first-order chi connectivity index (χ1) is 9.16. The molecular formula is C14H27F3N2O. The van der Waals surface area contributed by atoms with Gasteiger partial charge in [-0.25, -0.2) is 0 Å². The third-order valence-corrected chi connectivity index (χ3v) is 4.02. The molecule has 0 aromatic rings. The monoisotopic (exact) mass is 296 g/mol. The predicted octanol–water partition coefficient (Wildman–Crippen LogP) is 2.40. The second-order valence-electron chi connectivity index (χ2n) is 6.43. The van der Waals surface area contributed by atoms with Gasteiger partial charge in [0.25, 0.3) is 0 Å². The molecule has 0 spiro atoms. The molecule has 0 amide bonds. The average molecular weight is 296 g/mol. The van der Waals surface area contributed by atoms with Crippen molar-refractivity contribution in [3.63, 3.8) is 0 Å². The molecule has 0 bridgehead atoms. The lowest BCUT2D eigenvalue weighted by atomic mass is 9.94. The van der Waals surface area contributed by atoms with Crippen LogP contribution in [0.15, 0.2) is 0 Å². The Morgan fingerprint density at radius 3 is 2.20 bits per heavy atom. The highest BCUT2D eigenvalue weighted by Crippen LogP contribution is 2.34. The van der Waals surface area contributed by atoms with Crippen molar-refractivity contribution in [3.8, 4) is 0 Å². The van der Waals surface area contributed by atoms with Gasteiger partial charge in [0.1, 0.15) is 0 Å². The fourth-order valence-corrected chi connectivity index (χ4v) is 2.78. The maximum atomic E-state index is 12.6. The van der Waals surface area contributed by atoms with Crippen LogP contribution in [-0.2, 0) is 0 Å². The number of aliphatic hydroxyl groups is 1. The van der Waals surface area contributed by atoms with Crippen LogP contribution in [-0.4, -0.2) is 54.0 Å². The minimum Gasteiger partial charge on any atom is -0.394 e. The van der Waals surface area contributed by atoms with Crippen molar-refractivity contribution in [3.05, 3.63) is 0 Å². The normalized spacial score (nSPS) is 22.2. The zero-order valence-corrected chi connectivity index (χ0v) is 12.6. The zero-order chi connectivity index (χ0) is 15.4. The van der Waals surface area contributed by atoms with E-state index >= 15 is 0 Å². The largest absolute Gasteiger partial charge is 0.394 e. The van der Waals surface area contributed by atoms with Gasteiger partial charge in [-0.05, 0) is 45.8 Å². The van der Waals surface area contributed by atoms with Gasteiger partial charge in [0.15, 0.2) is 0 Å². The van der Waals surface area contributed by atoms with Crippen molar-refractivity contribution in [2.45, 2.75) is 57.8 Å². The molecule has 120 valence electrons. The van der Waals surface area contributed by atoms with E-state index in [0.717, 1.165) is 13.0 Å². The Balaban J connectivity index is 2.37. The molecule has 2 N–H and O–H groups in total. The molecule has 0 radical (unpaired) electrons. The number of alkyl halides is 3. The molecular weight excluding hydrogens is 269 g/mol. The molecule has 6 heteroatoms. The predicted molar refractivity (Wildman–Crippen MR) is 73.6 cm³/mol. The molecule has 0 aliphatic carbocycles. The third kappa shape index (κ3) is 5.58. The number of hydrogen-bond acceptors (Lipinski definition) is 3. The van der Waals surface area contributed by atoms with Crippen LogP contribution in [0.3, 0.4) is 0 Å². The molecule has 0 aromatic carbocycles. The molecule has 0 aromatic heterocycles. The summed E-state index contributed by atoms with van der Waals surface area (Å²) in [7, 11) is 0. The van der Waals surface area contributed by atoms with Crippen LogP contribution >= 0.6 is 0 Å². The average Bonchev–Trinajstić information content (AvgIpc) is 2.35. The van der Waals surface area contributed by atoms with Crippen molar-refractivity contribution in [2.24, 2.45) is 5.92 Å². The number of likely N-dealkylation sites (tertiary alicyclic amines) is 1. The summed E-state index contributed by atoms with van der Waals surface area (Å²) in [5, 5.41) is 12.8. The molecule has 1 saturated heterocycles. The van der Waals surface area contributed by atoms with Crippen LogP contribution in [0.2, 0.25) is 0 Å². The number of nitrogens with one attached hydrogen (secondary N) is 1. The summed E-state index contributed by atoms with van der Waals surface area (Å²) in [5.74, 6) is -1.14. The first kappa shape index (κ1) is 17.7. The topological polar surface area (TPSA) is 35.5 Å². The lowest BCUT2D eigenvalue weighted by Crippen LogP contribution is -2.51. The fourth-order valence-electron chi connectivity index (χ4n) is 2.78. The molecule has 20 heavy (non-hydrogen) atoms. The van der Waals surface area contributed by atoms with Crippen LogP contribution in [0.25, 0.3) is 0 Å². The van der Waals surface area contributed by atoms with Crippen molar-refractivity contribution < 1.29 is 18.3 Å². The Bertz CT molecular complexity index is 289. The van der Waals surface area contributed by atoms with E-state index in [1.807, 2.05) is 20.8 Å². The number of rotatable bonds is 6. The number of hydrogen-bond donors (Lipinski definition) is 2. The SMILES string of the molecule is CC(C)NC(C)(CO)CCN1CCC(C(F)(F)F)CC1. The Kier molecular flexibility index (Phi) is 6.28. The molecule has 1 aliphatic heterocycles. The summed E-state index contributed by atoms with van der Waals surface area (Å²) in [4.78, 5) is 2.07. The van der Waals surface area contributed by atoms with E-state index in [-0.39, 0.29) is 31.0 Å². The van der Waals surface area contributed by atoms with Crippen molar-refractivity contribution in [1.82, 2.24) is 10.2 Å². The summed E-state index contributed by atoms with van der Waals surface area (Å²) in [6.07, 6.45) is -2.93. The van der Waals surface area contributed by atoms with E-state index in [1.165, 1.54) is 0 Å². The zero-order valence-electron chi connectivity index (χ0n) is 12.6. The number of halogens is 3. The van der Waals surface area contributed by atoms with Crippen LogP contribution in [0, 0.1) is 5.92 Å². The summed E-state index contributed by atoms with van der Waals surface area (Å²) < 4.78 is 37.7. The van der Waals surface area contributed by atoms with Gasteiger partial charge in [0, 0.05) is 11.6 Å². The second kappa shape index (κ2) is 7.09. The Morgan fingerprint density at radius 2 is 1.80 bits per heavy atom. The van der Waals surface area contributed by atoms with Gasteiger partial charge in [-0.2, -0.15) is 13.2 Å². The highest BCUT2D eigenvalue weighted by molar-refractivity contribution is 4.86. The van der Waals surface area contributed by atoms with Gasteiger partial charge in [-0.3, -0.25) is 0 Å². The molecule has 3 nitrogen and oxygen atoms in total. The molecule has 1 unspecified atom stereocenters. The highest BCUT2D eigenvalue weighted by Gasteiger charge is 2.41. The first-order valence-corrected chi connectivity index (χ1v) is 7.34. The van der Waals surface area contributed by atoms with Crippen molar-refractivity contribution in [1.29, 1.82) is 0 Å². The van der Waals surface area contributed by atoms with Gasteiger partial charge in [0.05, 0.1) is 12.5 Å². The molecule has 1 atom stereocenters. The maximum Gasteiger partial charge on any atom is 0.391 e. The van der Waals surface area contributed by atoms with E-state index in [9.17, 15) is 18.3 Å². The summed E-state index contributed by atoms with van der Waals surface area (Å²) in [5.41, 5.74) is -0.366. The van der Waals surface area contributed by atoms with E-state index in [1.54, 1.807) is 0 Å². The van der Waals surface area contributed by atoms with E-state index in [4.69, 9.17) is 0 Å². The first-order valence-electron chi connectivity index (χ1n) is 7.34. The quantitative estimate of drug-likeness (QED) is 0.790. The summed E-state index contributed by atoms with van der Waals surface area (Å²) in [6.45, 7) is 7.73. The van der Waals surface area contributed by atoms with Crippen LogP contribution < -0.4 is 5.32 Å². The smallest absolute Gasteiger partial charge is 0.391 e. The Hall–Kier alpha value is -0.330. The van der Waals surface area contributed by atoms with Gasteiger partial charge in [-0.1, -0.05) is 13.8 Å². The minimum absolute atomic E-state index is 0.0319. The van der Waals surface area contributed by atoms with Gasteiger partial charge < -0.3 is 15.3 Å². The number of aliphatic hydroxyl groups excluding tert-OH is 1. The fraction of sp³-hybridized carbons (Fsp3) is 1.00. The van der Waals surface area contributed by atoms with Gasteiger partial charge >= 0.3 is 6.18 Å². The maximum absolute atomic E-state index is 12.6. The van der Waals surface area contributed by atoms with E-state index in [2.05, 4.69) is 10.2 Å². The van der Waals surface area contributed by atoms with Crippen molar-refractivity contribution in [2.75, 3.05) is 26.2 Å². The van der Waals surface area contributed by atoms with Gasteiger partial charge in [0.2, 0.25) is 0 Å². The van der Waals surface area contributed by atoms with E-state index in [0.29, 0.717) is 13.1 Å². The molecule has 1 aliphatic rings. The number of piperidine rings is 1. The number of nitrogens with zero attached hydrogens (tertiary/aromatic N) is 1. The Morgan fingerprint density at radius 1 is 1.25 bits per heavy atom. The molecule has 1 heterocycles. The summed E-state index contributed by atoms with van der Waals surface area (Å²) >= 11 is 0. The van der Waals surface area contributed by atoms with E-state index < -0.39 is 12.1 Å². The van der Waals surface area contributed by atoms with Crippen LogP contribution in [0.1, 0.15) is 40.0 Å². The second-order valence-corrected chi connectivity index (χ2v) is 6.43. The van der Waals surface area contributed by atoms with Crippen LogP contribution in [0.4, 0.5) is 13.2 Å². The summed E-state index contributed by atoms with van der Waals surface area (Å²) in [6, 6.07) is 0.267. The molecule has 0 saturated carbocycles. The lowest BCUT2D eigenvalue weighted by Gasteiger charge is -2.37. The molecule has 1 rings (SSSR count). The Labute approximate surface area is 119 Å². The molecule has 1 fully saturated rings. The van der Waals surface area contributed by atoms with Crippen LogP contribution in [0.5, 0.6) is 0 Å². The lowest BCUT2D eigenvalue weighted by molar-refractivity contribution is -0.185.